The van der Waals surface area contributed by atoms with Crippen LogP contribution in [0.25, 0.3) is 0 Å². The average Bonchev–Trinajstić information content (AvgIpc) is 2.05. The molecule has 0 fully saturated rings. The number of rotatable bonds is 4. The first-order chi connectivity index (χ1) is 5.83. The van der Waals surface area contributed by atoms with Crippen molar-refractivity contribution in [1.82, 2.24) is 0 Å². The Balaban J connectivity index is 2.41. The molecule has 3 nitrogen and oxygen atoms in total. The number of nitrogens with one attached hydrogen (secondary N) is 1. The van der Waals surface area contributed by atoms with Crippen molar-refractivity contribution in [2.75, 3.05) is 18.5 Å². The van der Waals surface area contributed by atoms with Gasteiger partial charge >= 0.3 is 0 Å². The van der Waals surface area contributed by atoms with E-state index in [0.29, 0.717) is 18.2 Å². The lowest BCUT2D eigenvalue weighted by Crippen LogP contribution is -2.12. The first kappa shape index (κ1) is 9.32. The third-order valence-corrected chi connectivity index (χ3v) is 1.61. The molecule has 0 bridgehead atoms. The van der Waals surface area contributed by atoms with Crippen LogP contribution in [0.5, 0.6) is 0 Å². The zero-order chi connectivity index (χ0) is 8.81. The Bertz CT molecular complexity index is 242. The summed E-state index contributed by atoms with van der Waals surface area (Å²) in [5, 5.41) is 3.81. The quantitative estimate of drug-likeness (QED) is 0.555. The summed E-state index contributed by atoms with van der Waals surface area (Å²) in [4.78, 5) is 4.40. The lowest BCUT2D eigenvalue weighted by molar-refractivity contribution is 0.148. The number of nitrogens with two attached hydrogens (primary N) is 1. The van der Waals surface area contributed by atoms with E-state index in [2.05, 4.69) is 10.2 Å². The molecule has 1 aromatic rings. The lowest BCUT2D eigenvalue weighted by atomic mass is 10.3. The molecule has 0 spiro atoms. The van der Waals surface area contributed by atoms with Gasteiger partial charge in [-0.05, 0) is 18.2 Å². The summed E-state index contributed by atoms with van der Waals surface area (Å²) in [7, 11) is 0. The summed E-state index contributed by atoms with van der Waals surface area (Å²) in [5.74, 6) is 4.86. The molecule has 12 heavy (non-hydrogen) atoms. The van der Waals surface area contributed by atoms with Crippen molar-refractivity contribution in [3.05, 3.63) is 29.3 Å². The molecule has 66 valence electrons. The Labute approximate surface area is 76.4 Å². The fourth-order valence-electron chi connectivity index (χ4n) is 0.853. The van der Waals surface area contributed by atoms with E-state index in [9.17, 15) is 0 Å². The first-order valence-corrected chi connectivity index (χ1v) is 4.02. The highest BCUT2D eigenvalue weighted by atomic mass is 35.5. The molecule has 0 heterocycles. The van der Waals surface area contributed by atoms with Gasteiger partial charge in [0, 0.05) is 17.3 Å². The molecule has 1 rings (SSSR count). The van der Waals surface area contributed by atoms with Crippen LogP contribution in [0.1, 0.15) is 0 Å². The van der Waals surface area contributed by atoms with Gasteiger partial charge in [-0.25, -0.2) is 5.90 Å². The van der Waals surface area contributed by atoms with Crippen LogP contribution >= 0.6 is 11.6 Å². The minimum Gasteiger partial charge on any atom is -0.383 e. The van der Waals surface area contributed by atoms with Gasteiger partial charge in [-0.1, -0.05) is 17.7 Å². The molecule has 0 aliphatic rings. The largest absolute Gasteiger partial charge is 0.383 e. The summed E-state index contributed by atoms with van der Waals surface area (Å²) in [5.41, 5.74) is 0.972. The van der Waals surface area contributed by atoms with Crippen LogP contribution in [0.3, 0.4) is 0 Å². The smallest absolute Gasteiger partial charge is 0.0851 e. The second kappa shape index (κ2) is 4.98. The maximum atomic E-state index is 5.76. The Kier molecular flexibility index (Phi) is 3.87. The van der Waals surface area contributed by atoms with E-state index in [-0.39, 0.29) is 0 Å². The van der Waals surface area contributed by atoms with Gasteiger partial charge in [0.05, 0.1) is 6.61 Å². The van der Waals surface area contributed by atoms with Gasteiger partial charge in [0.1, 0.15) is 0 Å². The zero-order valence-electron chi connectivity index (χ0n) is 6.59. The topological polar surface area (TPSA) is 47.3 Å². The fourth-order valence-corrected chi connectivity index (χ4v) is 1.04. The predicted molar refractivity (Wildman–Crippen MR) is 50.1 cm³/mol. The molecule has 0 saturated heterocycles. The summed E-state index contributed by atoms with van der Waals surface area (Å²) < 4.78 is 0. The highest BCUT2D eigenvalue weighted by Crippen LogP contribution is 2.14. The summed E-state index contributed by atoms with van der Waals surface area (Å²) in [6.07, 6.45) is 0. The normalized spacial score (nSPS) is 9.83. The summed E-state index contributed by atoms with van der Waals surface area (Å²) >= 11 is 5.76. The average molecular weight is 187 g/mol. The Morgan fingerprint density at radius 1 is 1.50 bits per heavy atom. The predicted octanol–water partition coefficient (Wildman–Crippen LogP) is 1.64. The number of benzene rings is 1. The van der Waals surface area contributed by atoms with Crippen LogP contribution in [0.15, 0.2) is 24.3 Å². The Morgan fingerprint density at radius 2 is 2.33 bits per heavy atom. The van der Waals surface area contributed by atoms with E-state index in [1.807, 2.05) is 24.3 Å². The summed E-state index contributed by atoms with van der Waals surface area (Å²) in [6, 6.07) is 7.49. The molecule has 1 aromatic carbocycles. The maximum Gasteiger partial charge on any atom is 0.0851 e. The molecular formula is C8H11ClN2O. The van der Waals surface area contributed by atoms with E-state index in [4.69, 9.17) is 17.5 Å². The Hall–Kier alpha value is -0.770. The molecule has 3 N–H and O–H groups in total. The minimum atomic E-state index is 0.479. The van der Waals surface area contributed by atoms with Crippen LogP contribution in [-0.2, 0) is 4.84 Å². The van der Waals surface area contributed by atoms with Gasteiger partial charge in [-0.3, -0.25) is 0 Å². The van der Waals surface area contributed by atoms with Crippen molar-refractivity contribution in [1.29, 1.82) is 0 Å². The molecule has 0 saturated carbocycles. The van der Waals surface area contributed by atoms with Gasteiger partial charge < -0.3 is 10.2 Å². The number of anilines is 1. The molecule has 0 aliphatic carbocycles. The standard InChI is InChI=1S/C8H11ClN2O/c9-7-2-1-3-8(6-7)11-4-5-12-10/h1-3,6,11H,4-5,10H2. The molecule has 0 aromatic heterocycles. The zero-order valence-corrected chi connectivity index (χ0v) is 7.34. The Morgan fingerprint density at radius 3 is 3.00 bits per heavy atom. The maximum absolute atomic E-state index is 5.76. The fraction of sp³-hybridized carbons (Fsp3) is 0.250. The van der Waals surface area contributed by atoms with Crippen molar-refractivity contribution >= 4 is 17.3 Å². The van der Waals surface area contributed by atoms with Gasteiger partial charge in [0.25, 0.3) is 0 Å². The molecule has 4 heteroatoms. The highest BCUT2D eigenvalue weighted by molar-refractivity contribution is 6.30. The monoisotopic (exact) mass is 186 g/mol. The van der Waals surface area contributed by atoms with Crippen molar-refractivity contribution in [2.45, 2.75) is 0 Å². The van der Waals surface area contributed by atoms with Gasteiger partial charge in [-0.15, -0.1) is 0 Å². The highest BCUT2D eigenvalue weighted by Gasteiger charge is 1.91. The SMILES string of the molecule is NOCCNc1cccc(Cl)c1. The van der Waals surface area contributed by atoms with Gasteiger partial charge in [0.15, 0.2) is 0 Å². The van der Waals surface area contributed by atoms with Gasteiger partial charge in [-0.2, -0.15) is 0 Å². The van der Waals surface area contributed by atoms with Crippen LogP contribution in [0.2, 0.25) is 5.02 Å². The number of hydrogen-bond acceptors (Lipinski definition) is 3. The van der Waals surface area contributed by atoms with Crippen molar-refractivity contribution < 1.29 is 4.84 Å². The van der Waals surface area contributed by atoms with Crippen molar-refractivity contribution in [3.8, 4) is 0 Å². The van der Waals surface area contributed by atoms with Crippen LogP contribution in [0.4, 0.5) is 5.69 Å². The third-order valence-electron chi connectivity index (χ3n) is 1.37. The number of hydrogen-bond donors (Lipinski definition) is 2. The van der Waals surface area contributed by atoms with E-state index in [0.717, 1.165) is 5.69 Å². The van der Waals surface area contributed by atoms with Crippen LogP contribution in [0, 0.1) is 0 Å². The first-order valence-electron chi connectivity index (χ1n) is 3.64. The molecular weight excluding hydrogens is 176 g/mol. The van der Waals surface area contributed by atoms with Crippen molar-refractivity contribution in [2.24, 2.45) is 5.90 Å². The van der Waals surface area contributed by atoms with E-state index in [1.165, 1.54) is 0 Å². The lowest BCUT2D eigenvalue weighted by Gasteiger charge is -2.04. The molecule has 0 aliphatic heterocycles. The number of halogens is 1. The molecule has 0 atom stereocenters. The summed E-state index contributed by atoms with van der Waals surface area (Å²) in [6.45, 7) is 1.16. The van der Waals surface area contributed by atoms with Crippen LogP contribution in [-0.4, -0.2) is 13.2 Å². The minimum absolute atomic E-state index is 0.479. The third kappa shape index (κ3) is 3.09. The van der Waals surface area contributed by atoms with Crippen LogP contribution < -0.4 is 11.2 Å². The van der Waals surface area contributed by atoms with E-state index in [1.54, 1.807) is 0 Å². The van der Waals surface area contributed by atoms with E-state index >= 15 is 0 Å². The second-order valence-electron chi connectivity index (χ2n) is 2.31. The van der Waals surface area contributed by atoms with Crippen molar-refractivity contribution in [3.63, 3.8) is 0 Å². The van der Waals surface area contributed by atoms with Gasteiger partial charge in [0.2, 0.25) is 0 Å². The van der Waals surface area contributed by atoms with E-state index < -0.39 is 0 Å². The molecule has 0 radical (unpaired) electrons. The molecule has 0 unspecified atom stereocenters. The second-order valence-corrected chi connectivity index (χ2v) is 2.74. The molecule has 0 amide bonds.